The van der Waals surface area contributed by atoms with Crippen molar-refractivity contribution in [1.29, 1.82) is 0 Å². The number of methoxy groups -OCH3 is 1. The summed E-state index contributed by atoms with van der Waals surface area (Å²) in [7, 11) is 1.62. The van der Waals surface area contributed by atoms with Crippen molar-refractivity contribution in [1.82, 2.24) is 0 Å². The molecule has 3 nitrogen and oxygen atoms in total. The van der Waals surface area contributed by atoms with E-state index in [2.05, 4.69) is 12.1 Å². The highest BCUT2D eigenvalue weighted by Crippen LogP contribution is 2.36. The van der Waals surface area contributed by atoms with Crippen molar-refractivity contribution < 1.29 is 14.6 Å². The molecule has 0 amide bonds. The summed E-state index contributed by atoms with van der Waals surface area (Å²) in [4.78, 5) is 0. The molecule has 0 saturated heterocycles. The number of benzene rings is 2. The average molecular weight is 324 g/mol. The number of hydrogen-bond acceptors (Lipinski definition) is 3. The summed E-state index contributed by atoms with van der Waals surface area (Å²) >= 11 is 0. The fourth-order valence-corrected chi connectivity index (χ4v) is 3.28. The summed E-state index contributed by atoms with van der Waals surface area (Å²) in [5.74, 6) is 1.11. The van der Waals surface area contributed by atoms with Gasteiger partial charge in [-0.25, -0.2) is 0 Å². The molecular formula is C21H24O3. The second-order valence-corrected chi connectivity index (χ2v) is 6.16. The molecule has 0 spiro atoms. The van der Waals surface area contributed by atoms with Crippen molar-refractivity contribution in [3.05, 3.63) is 65.2 Å². The van der Waals surface area contributed by atoms with E-state index in [0.29, 0.717) is 5.75 Å². The summed E-state index contributed by atoms with van der Waals surface area (Å²) < 4.78 is 10.4. The number of rotatable bonds is 5. The van der Waals surface area contributed by atoms with Crippen LogP contribution < -0.4 is 4.74 Å². The highest BCUT2D eigenvalue weighted by atomic mass is 16.7. The van der Waals surface area contributed by atoms with Crippen molar-refractivity contribution in [2.75, 3.05) is 13.9 Å². The van der Waals surface area contributed by atoms with E-state index in [9.17, 15) is 5.11 Å². The van der Waals surface area contributed by atoms with Crippen LogP contribution in [0.1, 0.15) is 43.2 Å². The van der Waals surface area contributed by atoms with Crippen LogP contribution in [0, 0.1) is 0 Å². The Hall–Kier alpha value is -2.26. The lowest BCUT2D eigenvalue weighted by molar-refractivity contribution is 0.0511. The number of phenols is 1. The van der Waals surface area contributed by atoms with Gasteiger partial charge in [0.2, 0.25) is 0 Å². The zero-order chi connectivity index (χ0) is 16.8. The quantitative estimate of drug-likeness (QED) is 0.774. The Morgan fingerprint density at radius 1 is 0.875 bits per heavy atom. The smallest absolute Gasteiger partial charge is 0.188 e. The minimum absolute atomic E-state index is 0.255. The van der Waals surface area contributed by atoms with Gasteiger partial charge in [-0.15, -0.1) is 0 Å². The van der Waals surface area contributed by atoms with Gasteiger partial charge in [0.05, 0.1) is 0 Å². The molecule has 1 saturated carbocycles. The molecule has 24 heavy (non-hydrogen) atoms. The van der Waals surface area contributed by atoms with Gasteiger partial charge in [-0.2, -0.15) is 0 Å². The SMILES string of the molecule is COCOc1ccc(C(=C2CCCCC2)c2ccc(O)cc2)cc1. The lowest BCUT2D eigenvalue weighted by atomic mass is 9.85. The molecule has 1 aliphatic rings. The van der Waals surface area contributed by atoms with Crippen molar-refractivity contribution >= 4 is 5.57 Å². The molecule has 126 valence electrons. The average Bonchev–Trinajstić information content (AvgIpc) is 2.64. The highest BCUT2D eigenvalue weighted by Gasteiger charge is 2.15. The number of ether oxygens (including phenoxy) is 2. The fraction of sp³-hybridized carbons (Fsp3) is 0.333. The van der Waals surface area contributed by atoms with Crippen LogP contribution in [0.15, 0.2) is 54.1 Å². The molecular weight excluding hydrogens is 300 g/mol. The maximum absolute atomic E-state index is 9.59. The van der Waals surface area contributed by atoms with Crippen LogP contribution >= 0.6 is 0 Å². The Bertz CT molecular complexity index is 676. The molecule has 0 bridgehead atoms. The first-order valence-electron chi connectivity index (χ1n) is 8.51. The molecule has 3 rings (SSSR count). The van der Waals surface area contributed by atoms with Crippen LogP contribution in [0.3, 0.4) is 0 Å². The van der Waals surface area contributed by atoms with E-state index in [0.717, 1.165) is 24.2 Å². The van der Waals surface area contributed by atoms with Gasteiger partial charge in [0.15, 0.2) is 6.79 Å². The van der Waals surface area contributed by atoms with Crippen LogP contribution in [-0.2, 0) is 4.74 Å². The second-order valence-electron chi connectivity index (χ2n) is 6.16. The molecule has 0 heterocycles. The van der Waals surface area contributed by atoms with Crippen LogP contribution in [-0.4, -0.2) is 19.0 Å². The summed E-state index contributed by atoms with van der Waals surface area (Å²) in [6.45, 7) is 0.255. The lowest BCUT2D eigenvalue weighted by Crippen LogP contribution is -2.01. The van der Waals surface area contributed by atoms with Gasteiger partial charge in [-0.1, -0.05) is 36.3 Å². The van der Waals surface area contributed by atoms with E-state index in [1.54, 1.807) is 19.2 Å². The summed E-state index contributed by atoms with van der Waals surface area (Å²) in [5.41, 5.74) is 5.17. The largest absolute Gasteiger partial charge is 0.508 e. The van der Waals surface area contributed by atoms with Crippen molar-refractivity contribution in [2.24, 2.45) is 0 Å². The van der Waals surface area contributed by atoms with Crippen molar-refractivity contribution in [3.8, 4) is 11.5 Å². The Kier molecular flexibility index (Phi) is 5.55. The molecule has 2 aromatic carbocycles. The molecule has 1 aliphatic carbocycles. The first-order valence-corrected chi connectivity index (χ1v) is 8.51. The van der Waals surface area contributed by atoms with E-state index in [1.165, 1.54) is 36.0 Å². The molecule has 0 aliphatic heterocycles. The predicted octanol–water partition coefficient (Wildman–Crippen LogP) is 5.14. The topological polar surface area (TPSA) is 38.7 Å². The third kappa shape index (κ3) is 3.98. The first-order chi connectivity index (χ1) is 11.8. The normalized spacial score (nSPS) is 14.5. The molecule has 2 aromatic rings. The summed E-state index contributed by atoms with van der Waals surface area (Å²) in [6, 6.07) is 15.7. The first kappa shape index (κ1) is 16.6. The van der Waals surface area contributed by atoms with Gasteiger partial charge in [-0.05, 0) is 66.6 Å². The van der Waals surface area contributed by atoms with E-state index >= 15 is 0 Å². The number of allylic oxidation sites excluding steroid dienone is 1. The van der Waals surface area contributed by atoms with E-state index in [-0.39, 0.29) is 6.79 Å². The molecule has 3 heteroatoms. The minimum atomic E-state index is 0.255. The number of hydrogen-bond donors (Lipinski definition) is 1. The van der Waals surface area contributed by atoms with Crippen molar-refractivity contribution in [3.63, 3.8) is 0 Å². The molecule has 1 fully saturated rings. The Labute approximate surface area is 143 Å². The Morgan fingerprint density at radius 2 is 1.46 bits per heavy atom. The predicted molar refractivity (Wildman–Crippen MR) is 96.2 cm³/mol. The van der Waals surface area contributed by atoms with Crippen LogP contribution in [0.25, 0.3) is 5.57 Å². The van der Waals surface area contributed by atoms with E-state index < -0.39 is 0 Å². The third-order valence-corrected chi connectivity index (χ3v) is 4.45. The Balaban J connectivity index is 1.96. The van der Waals surface area contributed by atoms with Gasteiger partial charge < -0.3 is 14.6 Å². The standard InChI is InChI=1S/C21H24O3/c1-23-15-24-20-13-9-18(10-14-20)21(16-5-3-2-4-6-16)17-7-11-19(22)12-8-17/h7-14,22H,2-6,15H2,1H3. The van der Waals surface area contributed by atoms with E-state index in [4.69, 9.17) is 9.47 Å². The summed E-state index contributed by atoms with van der Waals surface area (Å²) in [5, 5.41) is 9.59. The molecule has 0 aromatic heterocycles. The van der Waals surface area contributed by atoms with E-state index in [1.807, 2.05) is 24.3 Å². The number of phenolic OH excluding ortho intramolecular Hbond substituents is 1. The molecule has 0 unspecified atom stereocenters. The monoisotopic (exact) mass is 324 g/mol. The highest BCUT2D eigenvalue weighted by molar-refractivity contribution is 5.82. The second kappa shape index (κ2) is 8.02. The van der Waals surface area contributed by atoms with Gasteiger partial charge in [0, 0.05) is 7.11 Å². The molecule has 0 radical (unpaired) electrons. The van der Waals surface area contributed by atoms with Crippen LogP contribution in [0.5, 0.6) is 11.5 Å². The fourth-order valence-electron chi connectivity index (χ4n) is 3.28. The lowest BCUT2D eigenvalue weighted by Gasteiger charge is -2.20. The van der Waals surface area contributed by atoms with Gasteiger partial charge >= 0.3 is 0 Å². The summed E-state index contributed by atoms with van der Waals surface area (Å²) in [6.07, 6.45) is 6.13. The van der Waals surface area contributed by atoms with Crippen LogP contribution in [0.4, 0.5) is 0 Å². The zero-order valence-corrected chi connectivity index (χ0v) is 14.1. The van der Waals surface area contributed by atoms with Gasteiger partial charge in [-0.3, -0.25) is 0 Å². The van der Waals surface area contributed by atoms with Crippen molar-refractivity contribution in [2.45, 2.75) is 32.1 Å². The minimum Gasteiger partial charge on any atom is -0.508 e. The molecule has 1 N–H and O–H groups in total. The zero-order valence-electron chi connectivity index (χ0n) is 14.1. The van der Waals surface area contributed by atoms with Gasteiger partial charge in [0.1, 0.15) is 11.5 Å². The maximum Gasteiger partial charge on any atom is 0.188 e. The third-order valence-electron chi connectivity index (χ3n) is 4.45. The molecule has 0 atom stereocenters. The Morgan fingerprint density at radius 3 is 2.04 bits per heavy atom. The maximum atomic E-state index is 9.59. The van der Waals surface area contributed by atoms with Gasteiger partial charge in [0.25, 0.3) is 0 Å². The number of aromatic hydroxyl groups is 1. The van der Waals surface area contributed by atoms with Crippen LogP contribution in [0.2, 0.25) is 0 Å².